The zero-order chi connectivity index (χ0) is 9.41. The van der Waals surface area contributed by atoms with Gasteiger partial charge in [0.25, 0.3) is 0 Å². The molecule has 12 heavy (non-hydrogen) atoms. The normalized spacial score (nSPS) is 25.6. The van der Waals surface area contributed by atoms with Crippen molar-refractivity contribution in [2.45, 2.75) is 12.8 Å². The average molecular weight is 187 g/mol. The largest absolute Gasteiger partial charge is 0.213 e. The molecular weight excluding hydrogens is 174 g/mol. The van der Waals surface area contributed by atoms with Gasteiger partial charge in [-0.15, -0.1) is 0 Å². The summed E-state index contributed by atoms with van der Waals surface area (Å²) in [6.45, 7) is 12.2. The molecule has 0 bridgehead atoms. The molecule has 0 saturated carbocycles. The fraction of sp³-hybridized carbons (Fsp3) is 0.750. The summed E-state index contributed by atoms with van der Waals surface area (Å²) >= 11 is 0. The molecule has 0 aromatic rings. The van der Waals surface area contributed by atoms with E-state index < -0.39 is 15.4 Å². The monoisotopic (exact) mass is 187 g/mol. The SMILES string of the molecule is [CH]C1([CH])CCN(S(C)(=O)=O)CC1. The van der Waals surface area contributed by atoms with E-state index in [2.05, 4.69) is 0 Å². The molecule has 1 heterocycles. The molecule has 3 nitrogen and oxygen atoms in total. The highest BCUT2D eigenvalue weighted by Gasteiger charge is 2.29. The van der Waals surface area contributed by atoms with Gasteiger partial charge in [-0.25, -0.2) is 12.7 Å². The number of hydrogen-bond donors (Lipinski definition) is 0. The summed E-state index contributed by atoms with van der Waals surface area (Å²) in [6, 6.07) is 0. The molecule has 0 atom stereocenters. The standard InChI is InChI=1S/C8H13NO2S/c1-8(2)4-6-9(7-5-8)12(3,10)11/h1-2H,4-7H2,3H3. The molecule has 1 rings (SSSR count). The van der Waals surface area contributed by atoms with Crippen LogP contribution in [-0.2, 0) is 10.0 Å². The van der Waals surface area contributed by atoms with Gasteiger partial charge in [-0.1, -0.05) is 0 Å². The van der Waals surface area contributed by atoms with Crippen molar-refractivity contribution in [1.29, 1.82) is 0 Å². The lowest BCUT2D eigenvalue weighted by Crippen LogP contribution is -2.40. The van der Waals surface area contributed by atoms with Crippen molar-refractivity contribution in [2.24, 2.45) is 5.41 Å². The Bertz CT molecular complexity index is 246. The highest BCUT2D eigenvalue weighted by atomic mass is 32.2. The van der Waals surface area contributed by atoms with Crippen molar-refractivity contribution >= 4 is 10.0 Å². The minimum absolute atomic E-state index is 0.436. The molecule has 0 aromatic carbocycles. The Morgan fingerprint density at radius 1 is 1.25 bits per heavy atom. The predicted molar refractivity (Wildman–Crippen MR) is 46.7 cm³/mol. The number of rotatable bonds is 1. The average Bonchev–Trinajstić information content (AvgIpc) is 1.83. The smallest absolute Gasteiger partial charge is 0.211 e. The molecular formula is C8H13NO2S. The van der Waals surface area contributed by atoms with Gasteiger partial charge in [-0.3, -0.25) is 0 Å². The van der Waals surface area contributed by atoms with Crippen molar-refractivity contribution in [3.05, 3.63) is 13.8 Å². The van der Waals surface area contributed by atoms with E-state index in [1.54, 1.807) is 0 Å². The summed E-state index contributed by atoms with van der Waals surface area (Å²) in [5.41, 5.74) is -0.679. The number of nitrogens with zero attached hydrogens (tertiary/aromatic N) is 1. The van der Waals surface area contributed by atoms with Crippen LogP contribution in [-0.4, -0.2) is 32.1 Å². The van der Waals surface area contributed by atoms with Crippen LogP contribution in [0, 0.1) is 19.3 Å². The van der Waals surface area contributed by atoms with Crippen LogP contribution < -0.4 is 0 Å². The van der Waals surface area contributed by atoms with Crippen molar-refractivity contribution in [3.63, 3.8) is 0 Å². The van der Waals surface area contributed by atoms with Crippen molar-refractivity contribution in [1.82, 2.24) is 4.31 Å². The fourth-order valence-corrected chi connectivity index (χ4v) is 2.08. The van der Waals surface area contributed by atoms with Gasteiger partial charge in [0.1, 0.15) is 0 Å². The third-order valence-electron chi connectivity index (χ3n) is 2.12. The number of piperidine rings is 1. The van der Waals surface area contributed by atoms with Gasteiger partial charge in [-0.05, 0) is 32.1 Å². The van der Waals surface area contributed by atoms with Crippen molar-refractivity contribution < 1.29 is 8.42 Å². The molecule has 1 saturated heterocycles. The van der Waals surface area contributed by atoms with Gasteiger partial charge < -0.3 is 0 Å². The fourth-order valence-electron chi connectivity index (χ4n) is 1.23. The summed E-state index contributed by atoms with van der Waals surface area (Å²) < 4.78 is 23.5. The van der Waals surface area contributed by atoms with Crippen LogP contribution in [0.15, 0.2) is 0 Å². The Labute approximate surface area is 74.8 Å². The Hall–Kier alpha value is -0.0900. The molecule has 1 aliphatic rings. The maximum Gasteiger partial charge on any atom is 0.211 e. The Balaban J connectivity index is 2.59. The third kappa shape index (κ3) is 2.45. The van der Waals surface area contributed by atoms with Crippen LogP contribution in [0.1, 0.15) is 12.8 Å². The lowest BCUT2D eigenvalue weighted by Gasteiger charge is -2.34. The van der Waals surface area contributed by atoms with Gasteiger partial charge >= 0.3 is 0 Å². The molecule has 0 amide bonds. The predicted octanol–water partition coefficient (Wildman–Crippen LogP) is 0.450. The highest BCUT2D eigenvalue weighted by molar-refractivity contribution is 7.88. The van der Waals surface area contributed by atoms with E-state index in [-0.39, 0.29) is 0 Å². The minimum Gasteiger partial charge on any atom is -0.213 e. The second kappa shape index (κ2) is 3.00. The summed E-state index contributed by atoms with van der Waals surface area (Å²) in [5, 5.41) is 0. The molecule has 0 aliphatic carbocycles. The first-order chi connectivity index (χ1) is 5.31. The first kappa shape index (κ1) is 9.99. The number of hydrogen-bond acceptors (Lipinski definition) is 2. The van der Waals surface area contributed by atoms with Gasteiger partial charge in [-0.2, -0.15) is 0 Å². The van der Waals surface area contributed by atoms with E-state index in [9.17, 15) is 8.42 Å². The summed E-state index contributed by atoms with van der Waals surface area (Å²) in [5.74, 6) is 0. The first-order valence-corrected chi connectivity index (χ1v) is 5.69. The molecule has 0 N–H and O–H groups in total. The second-order valence-electron chi connectivity index (χ2n) is 3.40. The van der Waals surface area contributed by atoms with Crippen molar-refractivity contribution in [2.75, 3.05) is 19.3 Å². The minimum atomic E-state index is -3.05. The summed E-state index contributed by atoms with van der Waals surface area (Å²) in [6.07, 6.45) is 2.26. The second-order valence-corrected chi connectivity index (χ2v) is 5.38. The van der Waals surface area contributed by atoms with E-state index in [1.807, 2.05) is 0 Å². The van der Waals surface area contributed by atoms with E-state index in [1.165, 1.54) is 10.6 Å². The van der Waals surface area contributed by atoms with Crippen LogP contribution in [0.25, 0.3) is 0 Å². The van der Waals surface area contributed by atoms with Gasteiger partial charge in [0.05, 0.1) is 6.26 Å². The van der Waals surface area contributed by atoms with Gasteiger partial charge in [0.2, 0.25) is 10.0 Å². The van der Waals surface area contributed by atoms with Crippen molar-refractivity contribution in [3.8, 4) is 0 Å². The van der Waals surface area contributed by atoms with E-state index in [4.69, 9.17) is 13.8 Å². The molecule has 1 aliphatic heterocycles. The van der Waals surface area contributed by atoms with Crippen LogP contribution in [0.5, 0.6) is 0 Å². The maximum atomic E-state index is 11.0. The number of sulfonamides is 1. The van der Waals surface area contributed by atoms with E-state index >= 15 is 0 Å². The zero-order valence-electron chi connectivity index (χ0n) is 7.16. The summed E-state index contributed by atoms with van der Waals surface area (Å²) in [7, 11) is -3.05. The zero-order valence-corrected chi connectivity index (χ0v) is 7.97. The van der Waals surface area contributed by atoms with Crippen LogP contribution in [0.2, 0.25) is 0 Å². The van der Waals surface area contributed by atoms with E-state index in [0.717, 1.165) is 0 Å². The van der Waals surface area contributed by atoms with E-state index in [0.29, 0.717) is 25.9 Å². The lowest BCUT2D eigenvalue weighted by molar-refractivity contribution is 0.248. The molecule has 0 unspecified atom stereocenters. The molecule has 4 heteroatoms. The molecule has 68 valence electrons. The van der Waals surface area contributed by atoms with Gasteiger partial charge in [0.15, 0.2) is 0 Å². The van der Waals surface area contributed by atoms with Crippen LogP contribution >= 0.6 is 0 Å². The molecule has 0 spiro atoms. The lowest BCUT2D eigenvalue weighted by atomic mass is 9.83. The van der Waals surface area contributed by atoms with Crippen LogP contribution in [0.3, 0.4) is 0 Å². The maximum absolute atomic E-state index is 11.0. The summed E-state index contributed by atoms with van der Waals surface area (Å²) in [4.78, 5) is 0. The first-order valence-electron chi connectivity index (χ1n) is 3.84. The quantitative estimate of drug-likeness (QED) is 0.597. The highest BCUT2D eigenvalue weighted by Crippen LogP contribution is 2.29. The third-order valence-corrected chi connectivity index (χ3v) is 3.43. The Kier molecular flexibility index (Phi) is 2.50. The topological polar surface area (TPSA) is 37.4 Å². The Morgan fingerprint density at radius 3 is 2.00 bits per heavy atom. The van der Waals surface area contributed by atoms with Crippen LogP contribution in [0.4, 0.5) is 0 Å². The molecule has 0 aromatic heterocycles. The Morgan fingerprint density at radius 2 is 1.67 bits per heavy atom. The van der Waals surface area contributed by atoms with Gasteiger partial charge in [0, 0.05) is 13.1 Å². The molecule has 1 fully saturated rings. The molecule has 4 radical (unpaired) electrons.